The molecule has 0 atom stereocenters. The van der Waals surface area contributed by atoms with Crippen molar-refractivity contribution in [3.05, 3.63) is 48.5 Å². The number of aromatic hydroxyl groups is 1. The molecule has 0 heterocycles. The third kappa shape index (κ3) is 12.6. The third-order valence-electron chi connectivity index (χ3n) is 7.85. The van der Waals surface area contributed by atoms with Gasteiger partial charge in [0.25, 0.3) is 30.4 Å². The molecule has 4 rings (SSSR count). The van der Waals surface area contributed by atoms with E-state index < -0.39 is 160 Å². The van der Waals surface area contributed by atoms with Crippen LogP contribution in [0.5, 0.6) is 11.5 Å². The van der Waals surface area contributed by atoms with E-state index in [0.29, 0.717) is 24.3 Å². The molecule has 0 radical (unpaired) electrons. The van der Waals surface area contributed by atoms with Crippen molar-refractivity contribution in [3.63, 3.8) is 0 Å². The topological polar surface area (TPSA) is 450 Å². The SMILES string of the molecule is CNc1ccc2c(O)c(/N=N/c3cc(S(=O)(=O)CCOS(=O)(=O)O)cc(S(=O)(=O)O)c3OC)c(S(=O)(=O)O)cc2c1/N=N/c1ccc(S(=O)(=O)CCOS(=O)(=O)O)cc1S(=O)(=O)O. The maximum absolute atomic E-state index is 13.0. The molecular formula is C28H29N5O23S7. The van der Waals surface area contributed by atoms with Gasteiger partial charge >= 0.3 is 20.8 Å². The zero-order valence-electron chi connectivity index (χ0n) is 31.2. The highest BCUT2D eigenvalue weighted by Crippen LogP contribution is 2.47. The van der Waals surface area contributed by atoms with Gasteiger partial charge in [0, 0.05) is 17.8 Å². The lowest BCUT2D eigenvalue weighted by Gasteiger charge is -2.14. The quantitative estimate of drug-likeness (QED) is 0.0523. The number of nitrogens with one attached hydrogen (secondary N) is 1. The van der Waals surface area contributed by atoms with Crippen molar-refractivity contribution < 1.29 is 99.9 Å². The van der Waals surface area contributed by atoms with Gasteiger partial charge in [0.05, 0.1) is 47.3 Å². The van der Waals surface area contributed by atoms with E-state index >= 15 is 0 Å². The average molecular weight is 1030 g/mol. The van der Waals surface area contributed by atoms with Crippen molar-refractivity contribution in [2.45, 2.75) is 24.5 Å². The van der Waals surface area contributed by atoms with Crippen molar-refractivity contribution in [2.75, 3.05) is 44.2 Å². The number of benzene rings is 4. The molecule has 0 amide bonds. The number of hydrogen-bond donors (Lipinski definition) is 7. The third-order valence-corrected chi connectivity index (χ3v) is 14.7. The molecule has 0 aliphatic heterocycles. The van der Waals surface area contributed by atoms with Crippen molar-refractivity contribution >= 4 is 110 Å². The predicted molar refractivity (Wildman–Crippen MR) is 211 cm³/mol. The number of hydrogen-bond acceptors (Lipinski definition) is 23. The Morgan fingerprint density at radius 1 is 0.540 bits per heavy atom. The molecule has 0 saturated heterocycles. The van der Waals surface area contributed by atoms with E-state index in [1.165, 1.54) is 13.1 Å². The fraction of sp³-hybridized carbons (Fsp3) is 0.214. The molecule has 0 unspecified atom stereocenters. The first kappa shape index (κ1) is 50.8. The van der Waals surface area contributed by atoms with E-state index in [4.69, 9.17) is 13.8 Å². The summed E-state index contributed by atoms with van der Waals surface area (Å²) < 4.78 is 230. The van der Waals surface area contributed by atoms with E-state index in [9.17, 15) is 77.7 Å². The maximum Gasteiger partial charge on any atom is 0.397 e. The van der Waals surface area contributed by atoms with Gasteiger partial charge in [-0.05, 0) is 48.5 Å². The van der Waals surface area contributed by atoms with Crippen molar-refractivity contribution in [3.8, 4) is 11.5 Å². The molecule has 35 heteroatoms. The molecule has 28 nitrogen and oxygen atoms in total. The molecule has 0 aliphatic rings. The van der Waals surface area contributed by atoms with Gasteiger partial charge in [-0.25, -0.2) is 25.2 Å². The lowest BCUT2D eigenvalue weighted by molar-refractivity contribution is 0.282. The first-order valence-electron chi connectivity index (χ1n) is 16.0. The summed E-state index contributed by atoms with van der Waals surface area (Å²) in [6.07, 6.45) is 0. The monoisotopic (exact) mass is 1030 g/mol. The van der Waals surface area contributed by atoms with Gasteiger partial charge in [-0.15, -0.1) is 20.5 Å². The smallest absolute Gasteiger partial charge is 0.397 e. The van der Waals surface area contributed by atoms with Crippen LogP contribution in [0.3, 0.4) is 0 Å². The number of nitrogens with zero attached hydrogens (tertiary/aromatic N) is 4. The van der Waals surface area contributed by atoms with Crippen LogP contribution in [0.2, 0.25) is 0 Å². The lowest BCUT2D eigenvalue weighted by Crippen LogP contribution is -2.16. The predicted octanol–water partition coefficient (Wildman–Crippen LogP) is 2.35. The summed E-state index contributed by atoms with van der Waals surface area (Å²) in [6, 6.07) is 5.81. The van der Waals surface area contributed by atoms with Gasteiger partial charge in [0.2, 0.25) is 0 Å². The molecule has 4 aromatic carbocycles. The zero-order valence-corrected chi connectivity index (χ0v) is 36.9. The fourth-order valence-corrected chi connectivity index (χ4v) is 10.3. The number of azo groups is 2. The van der Waals surface area contributed by atoms with Gasteiger partial charge in [-0.3, -0.25) is 22.8 Å². The van der Waals surface area contributed by atoms with Crippen LogP contribution in [0.4, 0.5) is 28.4 Å². The number of rotatable bonds is 19. The molecule has 63 heavy (non-hydrogen) atoms. The number of anilines is 1. The minimum atomic E-state index is -5.49. The molecule has 346 valence electrons. The Labute approximate surface area is 357 Å². The molecule has 0 saturated carbocycles. The minimum Gasteiger partial charge on any atom is -0.505 e. The van der Waals surface area contributed by atoms with Gasteiger partial charge in [0.1, 0.15) is 37.4 Å². The Balaban J connectivity index is 1.94. The zero-order chi connectivity index (χ0) is 47.7. The van der Waals surface area contributed by atoms with E-state index in [1.54, 1.807) is 0 Å². The second-order valence-corrected chi connectivity index (χ2v) is 22.5. The first-order chi connectivity index (χ1) is 28.7. The minimum absolute atomic E-state index is 0.0461. The van der Waals surface area contributed by atoms with Crippen molar-refractivity contribution in [2.24, 2.45) is 20.5 Å². The number of ether oxygens (including phenoxy) is 1. The van der Waals surface area contributed by atoms with E-state index in [-0.39, 0.29) is 11.1 Å². The normalized spacial score (nSPS) is 13.6. The Hall–Kier alpha value is -4.89. The van der Waals surface area contributed by atoms with Crippen LogP contribution >= 0.6 is 0 Å². The van der Waals surface area contributed by atoms with Crippen LogP contribution in [-0.4, -0.2) is 126 Å². The Morgan fingerprint density at radius 3 is 1.52 bits per heavy atom. The summed E-state index contributed by atoms with van der Waals surface area (Å²) in [5.41, 5.74) is -3.24. The van der Waals surface area contributed by atoms with Crippen LogP contribution < -0.4 is 10.1 Å². The standard InChI is InChI=1S/C28H29N5O23S7/c1-29-20-6-4-17-18(25(20)32-30-19-5-3-15(12-22(19)59(39,40)41)57(35,36)9-7-55-62(48,49)50)14-23(60(42,43)44)26(27(17)34)33-31-21-11-16(13-24(28(21)54-2)61(45,46)47)58(37,38)10-8-56-63(51,52)53/h3-6,11-14,29,34H,7-10H2,1-2H3,(H,39,40,41)(H,42,43,44)(H,45,46,47)(H,48,49,50)(H,51,52,53)/b32-30+,33-31+. The molecular weight excluding hydrogens is 999 g/mol. The summed E-state index contributed by atoms with van der Waals surface area (Å²) in [6.45, 7) is -2.29. The lowest BCUT2D eigenvalue weighted by atomic mass is 10.1. The maximum atomic E-state index is 13.0. The second-order valence-electron chi connectivity index (χ2n) is 11.9. The summed E-state index contributed by atoms with van der Waals surface area (Å²) in [5, 5.41) is 28.1. The first-order valence-corrected chi connectivity index (χ1v) is 26.4. The van der Waals surface area contributed by atoms with Gasteiger partial charge in [0.15, 0.2) is 31.2 Å². The number of phenolic OH excluding ortho intramolecular Hbond substituents is 1. The van der Waals surface area contributed by atoms with E-state index in [1.807, 2.05) is 0 Å². The number of phenols is 1. The molecule has 0 aromatic heterocycles. The summed E-state index contributed by atoms with van der Waals surface area (Å²) in [5.74, 6) is -4.37. The van der Waals surface area contributed by atoms with Crippen LogP contribution in [0.1, 0.15) is 0 Å². The number of fused-ring (bicyclic) bond motifs is 1. The molecule has 0 aliphatic carbocycles. The van der Waals surface area contributed by atoms with Crippen LogP contribution in [0.25, 0.3) is 10.8 Å². The molecule has 0 spiro atoms. The van der Waals surface area contributed by atoms with Crippen LogP contribution in [0.15, 0.2) is 93.5 Å². The largest absolute Gasteiger partial charge is 0.505 e. The highest BCUT2D eigenvalue weighted by molar-refractivity contribution is 7.92. The van der Waals surface area contributed by atoms with Crippen molar-refractivity contribution in [1.82, 2.24) is 0 Å². The van der Waals surface area contributed by atoms with Crippen molar-refractivity contribution in [1.29, 1.82) is 0 Å². The van der Waals surface area contributed by atoms with Crippen LogP contribution in [0, 0.1) is 0 Å². The van der Waals surface area contributed by atoms with Gasteiger partial charge in [-0.1, -0.05) is 0 Å². The highest BCUT2D eigenvalue weighted by atomic mass is 32.3. The average Bonchev–Trinajstić information content (AvgIpc) is 3.13. The molecule has 4 aromatic rings. The summed E-state index contributed by atoms with van der Waals surface area (Å²) >= 11 is 0. The number of methoxy groups -OCH3 is 1. The summed E-state index contributed by atoms with van der Waals surface area (Å²) in [4.78, 5) is -5.51. The molecule has 7 N–H and O–H groups in total. The molecule has 0 fully saturated rings. The Bertz CT molecular complexity index is 3380. The van der Waals surface area contributed by atoms with E-state index in [0.717, 1.165) is 25.3 Å². The second kappa shape index (κ2) is 18.3. The summed E-state index contributed by atoms with van der Waals surface area (Å²) in [7, 11) is -33.6. The fourth-order valence-electron chi connectivity index (χ4n) is 5.14. The number of sulfone groups is 2. The Kier molecular flexibility index (Phi) is 14.7. The Morgan fingerprint density at radius 2 is 1.03 bits per heavy atom. The van der Waals surface area contributed by atoms with Gasteiger partial charge < -0.3 is 15.2 Å². The molecule has 0 bridgehead atoms. The van der Waals surface area contributed by atoms with E-state index in [2.05, 4.69) is 34.1 Å². The van der Waals surface area contributed by atoms with Crippen LogP contribution in [-0.2, 0) is 79.2 Å². The van der Waals surface area contributed by atoms with Gasteiger partial charge in [-0.2, -0.15) is 42.1 Å². The highest BCUT2D eigenvalue weighted by Gasteiger charge is 2.29.